The Morgan fingerprint density at radius 1 is 1.33 bits per heavy atom. The maximum Gasteiger partial charge on any atom is 0.233 e. The average Bonchev–Trinajstić information content (AvgIpc) is 2.05. The van der Waals surface area contributed by atoms with Gasteiger partial charge in [-0.3, -0.25) is 0 Å². The van der Waals surface area contributed by atoms with Gasteiger partial charge in [-0.25, -0.2) is 4.98 Å². The van der Waals surface area contributed by atoms with E-state index in [-0.39, 0.29) is 5.60 Å². The summed E-state index contributed by atoms with van der Waals surface area (Å²) in [6.07, 6.45) is 1.82. The summed E-state index contributed by atoms with van der Waals surface area (Å²) >= 11 is 6.09. The monoisotopic (exact) mass is 227 g/mol. The quantitative estimate of drug-likeness (QED) is 0.761. The van der Waals surface area contributed by atoms with Crippen LogP contribution < -0.4 is 4.74 Å². The fourth-order valence-electron chi connectivity index (χ4n) is 1.12. The van der Waals surface area contributed by atoms with Gasteiger partial charge in [0.15, 0.2) is 0 Å². The molecule has 15 heavy (non-hydrogen) atoms. The molecule has 0 radical (unpaired) electrons. The van der Waals surface area contributed by atoms with Crippen molar-refractivity contribution in [3.05, 3.63) is 22.8 Å². The van der Waals surface area contributed by atoms with E-state index in [9.17, 15) is 0 Å². The van der Waals surface area contributed by atoms with E-state index in [0.29, 0.717) is 16.8 Å². The molecule has 0 aromatic carbocycles. The van der Waals surface area contributed by atoms with Crippen LogP contribution in [0, 0.1) is 0 Å². The number of aromatic nitrogens is 1. The van der Waals surface area contributed by atoms with E-state index in [1.807, 2.05) is 33.0 Å². The lowest BCUT2D eigenvalue weighted by molar-refractivity contribution is 0.124. The summed E-state index contributed by atoms with van der Waals surface area (Å²) in [5.41, 5.74) is 0.858. The Morgan fingerprint density at radius 3 is 2.33 bits per heavy atom. The maximum atomic E-state index is 6.09. The second kappa shape index (κ2) is 4.40. The van der Waals surface area contributed by atoms with E-state index in [4.69, 9.17) is 16.3 Å². The molecule has 1 rings (SSSR count). The minimum absolute atomic E-state index is 0.268. The first-order valence-electron chi connectivity index (χ1n) is 5.14. The van der Waals surface area contributed by atoms with Crippen LogP contribution in [0.5, 0.6) is 5.88 Å². The zero-order valence-electron chi connectivity index (χ0n) is 9.97. The first-order chi connectivity index (χ1) is 6.79. The molecule has 0 saturated heterocycles. The molecule has 0 N–H and O–H groups in total. The molecular formula is C12H18ClNO. The summed E-state index contributed by atoms with van der Waals surface area (Å²) in [6, 6.07) is 1.92. The molecule has 0 aliphatic rings. The van der Waals surface area contributed by atoms with Crippen molar-refractivity contribution in [2.45, 2.75) is 46.1 Å². The van der Waals surface area contributed by atoms with E-state index in [1.165, 1.54) is 0 Å². The number of rotatable bonds is 2. The third-order valence-corrected chi connectivity index (χ3v) is 2.17. The van der Waals surface area contributed by atoms with Crippen molar-refractivity contribution in [3.63, 3.8) is 0 Å². The van der Waals surface area contributed by atoms with Crippen LogP contribution in [0.3, 0.4) is 0 Å². The minimum atomic E-state index is -0.268. The van der Waals surface area contributed by atoms with Gasteiger partial charge in [-0.2, -0.15) is 0 Å². The van der Waals surface area contributed by atoms with Gasteiger partial charge < -0.3 is 4.74 Å². The number of hydrogen-bond acceptors (Lipinski definition) is 2. The van der Waals surface area contributed by atoms with Gasteiger partial charge in [0.05, 0.1) is 0 Å². The van der Waals surface area contributed by atoms with Gasteiger partial charge in [0.25, 0.3) is 0 Å². The van der Waals surface area contributed by atoms with E-state index in [2.05, 4.69) is 18.8 Å². The molecule has 0 spiro atoms. The molecule has 0 aliphatic heterocycles. The second-order valence-electron chi connectivity index (χ2n) is 4.92. The van der Waals surface area contributed by atoms with Crippen molar-refractivity contribution in [3.8, 4) is 5.88 Å². The van der Waals surface area contributed by atoms with Crippen molar-refractivity contribution >= 4 is 11.6 Å². The largest absolute Gasteiger partial charge is 0.471 e. The molecule has 3 heteroatoms. The Morgan fingerprint density at radius 2 is 1.93 bits per heavy atom. The minimum Gasteiger partial charge on any atom is -0.471 e. The van der Waals surface area contributed by atoms with Crippen molar-refractivity contribution in [1.82, 2.24) is 4.98 Å². The summed E-state index contributed by atoms with van der Waals surface area (Å²) < 4.78 is 5.62. The van der Waals surface area contributed by atoms with Crippen LogP contribution in [-0.2, 0) is 0 Å². The predicted octanol–water partition coefficient (Wildman–Crippen LogP) is 4.04. The number of nitrogens with zero attached hydrogens (tertiary/aromatic N) is 1. The number of hydrogen-bond donors (Lipinski definition) is 0. The third-order valence-electron chi connectivity index (χ3n) is 1.90. The maximum absolute atomic E-state index is 6.09. The molecule has 0 aliphatic carbocycles. The summed E-state index contributed by atoms with van der Waals surface area (Å²) in [4.78, 5) is 4.23. The van der Waals surface area contributed by atoms with Gasteiger partial charge in [-0.15, -0.1) is 0 Å². The first-order valence-corrected chi connectivity index (χ1v) is 5.52. The average molecular weight is 228 g/mol. The molecular weight excluding hydrogens is 210 g/mol. The molecule has 0 unspecified atom stereocenters. The van der Waals surface area contributed by atoms with Gasteiger partial charge in [0.1, 0.15) is 10.6 Å². The molecule has 0 bridgehead atoms. The molecule has 0 atom stereocenters. The summed E-state index contributed by atoms with van der Waals surface area (Å²) in [5.74, 6) is 0.937. The van der Waals surface area contributed by atoms with Crippen LogP contribution >= 0.6 is 11.6 Å². The van der Waals surface area contributed by atoms with Gasteiger partial charge in [0.2, 0.25) is 5.88 Å². The number of pyridine rings is 1. The van der Waals surface area contributed by atoms with Crippen molar-refractivity contribution in [1.29, 1.82) is 0 Å². The summed E-state index contributed by atoms with van der Waals surface area (Å²) in [6.45, 7) is 10.1. The van der Waals surface area contributed by atoms with Crippen LogP contribution in [-0.4, -0.2) is 10.6 Å². The van der Waals surface area contributed by atoms with E-state index < -0.39 is 0 Å². The zero-order valence-corrected chi connectivity index (χ0v) is 10.7. The molecule has 0 saturated carbocycles. The second-order valence-corrected chi connectivity index (χ2v) is 5.33. The highest BCUT2D eigenvalue weighted by Crippen LogP contribution is 2.28. The normalized spacial score (nSPS) is 11.9. The lowest BCUT2D eigenvalue weighted by Gasteiger charge is -2.21. The lowest BCUT2D eigenvalue weighted by atomic mass is 10.1. The zero-order chi connectivity index (χ0) is 11.6. The number of ether oxygens (including phenoxy) is 1. The molecule has 1 aromatic rings. The standard InChI is InChI=1S/C12H18ClNO/c1-8(2)9-6-10(13)11(14-7-9)15-12(3,4)5/h6-8H,1-5H3. The summed E-state index contributed by atoms with van der Waals surface area (Å²) in [5, 5.41) is 0.580. The van der Waals surface area contributed by atoms with Gasteiger partial charge in [-0.1, -0.05) is 25.4 Å². The van der Waals surface area contributed by atoms with Crippen LogP contribution in [0.25, 0.3) is 0 Å². The predicted molar refractivity (Wildman–Crippen MR) is 63.7 cm³/mol. The van der Waals surface area contributed by atoms with Crippen LogP contribution in [0.1, 0.15) is 46.1 Å². The summed E-state index contributed by atoms with van der Waals surface area (Å²) in [7, 11) is 0. The van der Waals surface area contributed by atoms with Crippen LogP contribution in [0.4, 0.5) is 0 Å². The van der Waals surface area contributed by atoms with E-state index >= 15 is 0 Å². The molecule has 84 valence electrons. The highest BCUT2D eigenvalue weighted by atomic mass is 35.5. The van der Waals surface area contributed by atoms with Gasteiger partial charge in [0, 0.05) is 6.20 Å². The third kappa shape index (κ3) is 3.71. The molecule has 1 heterocycles. The number of halogens is 1. The molecule has 2 nitrogen and oxygen atoms in total. The van der Waals surface area contributed by atoms with Gasteiger partial charge >= 0.3 is 0 Å². The Hall–Kier alpha value is -0.760. The van der Waals surface area contributed by atoms with Gasteiger partial charge in [-0.05, 0) is 38.3 Å². The van der Waals surface area contributed by atoms with Crippen molar-refractivity contribution in [2.24, 2.45) is 0 Å². The SMILES string of the molecule is CC(C)c1cnc(OC(C)(C)C)c(Cl)c1. The molecule has 0 fully saturated rings. The topological polar surface area (TPSA) is 22.1 Å². The Balaban J connectivity index is 2.94. The molecule has 1 aromatic heterocycles. The lowest BCUT2D eigenvalue weighted by Crippen LogP contribution is -2.23. The highest BCUT2D eigenvalue weighted by Gasteiger charge is 2.15. The van der Waals surface area contributed by atoms with E-state index in [0.717, 1.165) is 5.56 Å². The Bertz CT molecular complexity index is 342. The van der Waals surface area contributed by atoms with E-state index in [1.54, 1.807) is 0 Å². The highest BCUT2D eigenvalue weighted by molar-refractivity contribution is 6.31. The van der Waals surface area contributed by atoms with Crippen molar-refractivity contribution < 1.29 is 4.74 Å². The van der Waals surface area contributed by atoms with Crippen molar-refractivity contribution in [2.75, 3.05) is 0 Å². The van der Waals surface area contributed by atoms with Crippen LogP contribution in [0.2, 0.25) is 5.02 Å². The smallest absolute Gasteiger partial charge is 0.233 e. The first kappa shape index (κ1) is 12.3. The van der Waals surface area contributed by atoms with Crippen LogP contribution in [0.15, 0.2) is 12.3 Å². The Kier molecular flexibility index (Phi) is 3.61. The Labute approximate surface area is 96.6 Å². The fourth-order valence-corrected chi connectivity index (χ4v) is 1.33. The molecule has 0 amide bonds. The fraction of sp³-hybridized carbons (Fsp3) is 0.583.